The molecular weight excluding hydrogens is 299 g/mol. The van der Waals surface area contributed by atoms with Gasteiger partial charge in [0.25, 0.3) is 0 Å². The number of halogens is 3. The van der Waals surface area contributed by atoms with Crippen LogP contribution in [0.25, 0.3) is 0 Å². The first-order valence-electron chi connectivity index (χ1n) is 5.84. The van der Waals surface area contributed by atoms with Crippen LogP contribution in [0.2, 0.25) is 0 Å². The van der Waals surface area contributed by atoms with Crippen molar-refractivity contribution in [3.8, 4) is 0 Å². The largest absolute Gasteiger partial charge is 0.465 e. The Morgan fingerprint density at radius 2 is 1.85 bits per heavy atom. The molecular formula is C11H16F3NO4S. The third-order valence-electron chi connectivity index (χ3n) is 2.68. The van der Waals surface area contributed by atoms with Gasteiger partial charge in [0.05, 0.1) is 6.61 Å². The molecule has 9 heteroatoms. The first-order chi connectivity index (χ1) is 9.08. The van der Waals surface area contributed by atoms with E-state index >= 15 is 0 Å². The molecule has 0 aromatic carbocycles. The molecule has 0 saturated heterocycles. The number of aliphatic hydroxyl groups is 1. The summed E-state index contributed by atoms with van der Waals surface area (Å²) < 4.78 is 67.1. The van der Waals surface area contributed by atoms with Crippen molar-refractivity contribution in [2.75, 3.05) is 6.54 Å². The molecule has 20 heavy (non-hydrogen) atoms. The van der Waals surface area contributed by atoms with E-state index in [1.165, 1.54) is 13.8 Å². The summed E-state index contributed by atoms with van der Waals surface area (Å²) in [6.45, 7) is 2.05. The molecule has 0 unspecified atom stereocenters. The lowest BCUT2D eigenvalue weighted by Gasteiger charge is -2.09. The quantitative estimate of drug-likeness (QED) is 0.787. The molecule has 0 radical (unpaired) electrons. The highest BCUT2D eigenvalue weighted by molar-refractivity contribution is 7.89. The van der Waals surface area contributed by atoms with E-state index < -0.39 is 29.2 Å². The van der Waals surface area contributed by atoms with E-state index in [1.54, 1.807) is 0 Å². The number of hydrogen-bond acceptors (Lipinski definition) is 4. The summed E-state index contributed by atoms with van der Waals surface area (Å²) in [5.41, 5.74) is 0.117. The maximum atomic E-state index is 12.0. The minimum atomic E-state index is -4.32. The van der Waals surface area contributed by atoms with Crippen molar-refractivity contribution >= 4 is 10.0 Å². The summed E-state index contributed by atoms with van der Waals surface area (Å²) in [4.78, 5) is -0.204. The van der Waals surface area contributed by atoms with Crippen LogP contribution in [0.5, 0.6) is 0 Å². The minimum Gasteiger partial charge on any atom is -0.465 e. The Balaban J connectivity index is 2.80. The molecule has 0 amide bonds. The van der Waals surface area contributed by atoms with Gasteiger partial charge in [0.1, 0.15) is 16.4 Å². The number of aryl methyl sites for hydroxylation is 2. The van der Waals surface area contributed by atoms with Gasteiger partial charge in [-0.05, 0) is 20.3 Å². The van der Waals surface area contributed by atoms with Crippen molar-refractivity contribution in [3.05, 3.63) is 17.1 Å². The highest BCUT2D eigenvalue weighted by atomic mass is 32.2. The number of alkyl halides is 3. The molecule has 116 valence electrons. The number of hydrogen-bond donors (Lipinski definition) is 2. The van der Waals surface area contributed by atoms with Crippen molar-refractivity contribution < 1.29 is 31.1 Å². The van der Waals surface area contributed by atoms with Crippen LogP contribution in [0.3, 0.4) is 0 Å². The standard InChI is InChI=1S/C11H16F3NO4S/c1-7-9(6-16)10(8(2)19-7)20(17,18)15-5-3-4-11(12,13)14/h15-16H,3-6H2,1-2H3. The number of aliphatic hydroxyl groups excluding tert-OH is 1. The van der Waals surface area contributed by atoms with Gasteiger partial charge in [-0.2, -0.15) is 13.2 Å². The molecule has 0 atom stereocenters. The van der Waals surface area contributed by atoms with Gasteiger partial charge < -0.3 is 9.52 Å². The maximum Gasteiger partial charge on any atom is 0.389 e. The van der Waals surface area contributed by atoms with E-state index in [2.05, 4.69) is 4.72 Å². The zero-order valence-electron chi connectivity index (χ0n) is 11.0. The number of furan rings is 1. The summed E-state index contributed by atoms with van der Waals surface area (Å²) in [5.74, 6) is 0.357. The normalized spacial score (nSPS) is 12.9. The summed E-state index contributed by atoms with van der Waals surface area (Å²) in [6, 6.07) is 0. The van der Waals surface area contributed by atoms with Gasteiger partial charge >= 0.3 is 6.18 Å². The fraction of sp³-hybridized carbons (Fsp3) is 0.636. The fourth-order valence-electron chi connectivity index (χ4n) is 1.81. The molecule has 0 fully saturated rings. The number of sulfonamides is 1. The van der Waals surface area contributed by atoms with E-state index in [-0.39, 0.29) is 34.9 Å². The molecule has 0 saturated carbocycles. The highest BCUT2D eigenvalue weighted by Gasteiger charge is 2.28. The Bertz CT molecular complexity index is 563. The van der Waals surface area contributed by atoms with Crippen LogP contribution in [0, 0.1) is 13.8 Å². The molecule has 1 aromatic heterocycles. The van der Waals surface area contributed by atoms with Crippen LogP contribution >= 0.6 is 0 Å². The Hall–Kier alpha value is -1.06. The first kappa shape index (κ1) is 17.0. The monoisotopic (exact) mass is 315 g/mol. The van der Waals surface area contributed by atoms with Gasteiger partial charge in [-0.25, -0.2) is 13.1 Å². The minimum absolute atomic E-state index is 0.0925. The van der Waals surface area contributed by atoms with Crippen LogP contribution < -0.4 is 4.72 Å². The van der Waals surface area contributed by atoms with Crippen molar-refractivity contribution in [2.24, 2.45) is 0 Å². The van der Waals surface area contributed by atoms with Crippen molar-refractivity contribution in [1.82, 2.24) is 4.72 Å². The first-order valence-corrected chi connectivity index (χ1v) is 7.33. The predicted octanol–water partition coefficient (Wildman–Crippen LogP) is 2.01. The van der Waals surface area contributed by atoms with E-state index in [4.69, 9.17) is 9.52 Å². The van der Waals surface area contributed by atoms with E-state index in [9.17, 15) is 21.6 Å². The topological polar surface area (TPSA) is 79.5 Å². The molecule has 2 N–H and O–H groups in total. The Kier molecular flexibility index (Phi) is 5.22. The second-order valence-electron chi connectivity index (χ2n) is 4.30. The van der Waals surface area contributed by atoms with E-state index in [1.807, 2.05) is 0 Å². The number of nitrogens with one attached hydrogen (secondary N) is 1. The van der Waals surface area contributed by atoms with Gasteiger partial charge in [0, 0.05) is 18.5 Å². The van der Waals surface area contributed by atoms with Crippen molar-refractivity contribution in [2.45, 2.75) is 44.4 Å². The van der Waals surface area contributed by atoms with Gasteiger partial charge in [0.2, 0.25) is 10.0 Å². The molecule has 1 aromatic rings. The van der Waals surface area contributed by atoms with Gasteiger partial charge in [-0.3, -0.25) is 0 Å². The summed E-state index contributed by atoms with van der Waals surface area (Å²) in [6.07, 6.45) is -5.73. The number of rotatable bonds is 6. The lowest BCUT2D eigenvalue weighted by molar-refractivity contribution is -0.135. The SMILES string of the molecule is Cc1oc(C)c(S(=O)(=O)NCCCC(F)(F)F)c1CO. The Labute approximate surface area is 114 Å². The molecule has 0 aliphatic rings. The smallest absolute Gasteiger partial charge is 0.389 e. The summed E-state index contributed by atoms with van der Waals surface area (Å²) in [5, 5.41) is 9.15. The highest BCUT2D eigenvalue weighted by Crippen LogP contribution is 2.26. The van der Waals surface area contributed by atoms with Gasteiger partial charge in [-0.1, -0.05) is 0 Å². The summed E-state index contributed by atoms with van der Waals surface area (Å²) >= 11 is 0. The summed E-state index contributed by atoms with van der Waals surface area (Å²) in [7, 11) is -4.00. The molecule has 0 aliphatic heterocycles. The lowest BCUT2D eigenvalue weighted by Crippen LogP contribution is -2.27. The van der Waals surface area contributed by atoms with Crippen molar-refractivity contribution in [1.29, 1.82) is 0 Å². The van der Waals surface area contributed by atoms with Crippen LogP contribution in [0.15, 0.2) is 9.31 Å². The third kappa shape index (κ3) is 4.22. The molecule has 1 rings (SSSR count). The van der Waals surface area contributed by atoms with Crippen LogP contribution in [0.4, 0.5) is 13.2 Å². The van der Waals surface area contributed by atoms with Gasteiger partial charge in [0.15, 0.2) is 0 Å². The molecule has 1 heterocycles. The lowest BCUT2D eigenvalue weighted by atomic mass is 10.2. The second-order valence-corrected chi connectivity index (χ2v) is 6.00. The molecule has 0 bridgehead atoms. The van der Waals surface area contributed by atoms with E-state index in [0.717, 1.165) is 0 Å². The molecule has 5 nitrogen and oxygen atoms in total. The third-order valence-corrected chi connectivity index (χ3v) is 4.34. The zero-order chi connectivity index (χ0) is 15.6. The van der Waals surface area contributed by atoms with Crippen LogP contribution in [-0.2, 0) is 16.6 Å². The molecule has 0 aliphatic carbocycles. The second kappa shape index (κ2) is 6.15. The average molecular weight is 315 g/mol. The zero-order valence-corrected chi connectivity index (χ0v) is 11.9. The van der Waals surface area contributed by atoms with Crippen LogP contribution in [-0.4, -0.2) is 26.2 Å². The fourth-order valence-corrected chi connectivity index (χ4v) is 3.32. The maximum absolute atomic E-state index is 12.0. The van der Waals surface area contributed by atoms with E-state index in [0.29, 0.717) is 0 Å². The molecule has 0 spiro atoms. The van der Waals surface area contributed by atoms with Gasteiger partial charge in [-0.15, -0.1) is 0 Å². The van der Waals surface area contributed by atoms with Crippen molar-refractivity contribution in [3.63, 3.8) is 0 Å². The van der Waals surface area contributed by atoms with Crippen LogP contribution in [0.1, 0.15) is 29.9 Å². The average Bonchev–Trinajstić information content (AvgIpc) is 2.58. The predicted molar refractivity (Wildman–Crippen MR) is 64.6 cm³/mol. The Morgan fingerprint density at radius 3 is 2.35 bits per heavy atom. The Morgan fingerprint density at radius 1 is 1.25 bits per heavy atom.